The summed E-state index contributed by atoms with van der Waals surface area (Å²) in [5.41, 5.74) is 0.834. The zero-order valence-electron chi connectivity index (χ0n) is 13.2. The molecule has 0 radical (unpaired) electrons. The molecule has 1 saturated carbocycles. The molecule has 1 aliphatic heterocycles. The van der Waals surface area contributed by atoms with Gasteiger partial charge in [0.25, 0.3) is 5.91 Å². The highest BCUT2D eigenvalue weighted by atomic mass is 16.5. The van der Waals surface area contributed by atoms with Gasteiger partial charge in [-0.1, -0.05) is 6.07 Å². The molecule has 2 atom stereocenters. The van der Waals surface area contributed by atoms with Crippen LogP contribution in [0.3, 0.4) is 0 Å². The van der Waals surface area contributed by atoms with E-state index in [-0.39, 0.29) is 24.5 Å². The van der Waals surface area contributed by atoms with E-state index >= 15 is 0 Å². The van der Waals surface area contributed by atoms with Crippen molar-refractivity contribution >= 4 is 11.8 Å². The van der Waals surface area contributed by atoms with Crippen LogP contribution in [0.25, 0.3) is 0 Å². The average Bonchev–Trinajstić information content (AvgIpc) is 3.40. The Morgan fingerprint density at radius 3 is 2.91 bits per heavy atom. The molecule has 2 heterocycles. The Bertz CT molecular complexity index is 562. The van der Waals surface area contributed by atoms with E-state index in [1.54, 1.807) is 12.4 Å². The molecular weight excluding hydrogens is 296 g/mol. The van der Waals surface area contributed by atoms with E-state index in [0.717, 1.165) is 18.4 Å². The Balaban J connectivity index is 1.84. The third-order valence-corrected chi connectivity index (χ3v) is 4.16. The van der Waals surface area contributed by atoms with Crippen LogP contribution in [0.5, 0.6) is 0 Å². The van der Waals surface area contributed by atoms with E-state index in [9.17, 15) is 9.59 Å². The summed E-state index contributed by atoms with van der Waals surface area (Å²) in [7, 11) is 1.83. The van der Waals surface area contributed by atoms with Crippen LogP contribution >= 0.6 is 0 Å². The Kier molecular flexibility index (Phi) is 4.88. The lowest BCUT2D eigenvalue weighted by atomic mass is 9.98. The maximum atomic E-state index is 12.5. The Labute approximate surface area is 135 Å². The minimum atomic E-state index is -0.700. The zero-order valence-corrected chi connectivity index (χ0v) is 13.2. The van der Waals surface area contributed by atoms with E-state index < -0.39 is 12.1 Å². The van der Waals surface area contributed by atoms with E-state index in [1.807, 2.05) is 24.1 Å². The van der Waals surface area contributed by atoms with Gasteiger partial charge in [-0.05, 0) is 31.5 Å². The highest BCUT2D eigenvalue weighted by Crippen LogP contribution is 2.39. The van der Waals surface area contributed by atoms with Crippen molar-refractivity contribution in [2.24, 2.45) is 0 Å². The summed E-state index contributed by atoms with van der Waals surface area (Å²) in [6.07, 6.45) is 4.65. The van der Waals surface area contributed by atoms with Crippen molar-refractivity contribution in [1.82, 2.24) is 20.5 Å². The van der Waals surface area contributed by atoms with Gasteiger partial charge < -0.3 is 20.3 Å². The van der Waals surface area contributed by atoms with Crippen LogP contribution in [-0.2, 0) is 14.3 Å². The van der Waals surface area contributed by atoms with Crippen LogP contribution in [0, 0.1) is 0 Å². The van der Waals surface area contributed by atoms with Crippen LogP contribution in [0.1, 0.15) is 24.4 Å². The average molecular weight is 318 g/mol. The molecule has 1 saturated heterocycles. The number of hydrogen-bond donors (Lipinski definition) is 2. The summed E-state index contributed by atoms with van der Waals surface area (Å²) in [5.74, 6) is -0.243. The van der Waals surface area contributed by atoms with Crippen molar-refractivity contribution < 1.29 is 14.3 Å². The Hall–Kier alpha value is -1.99. The number of amides is 2. The van der Waals surface area contributed by atoms with Crippen molar-refractivity contribution in [1.29, 1.82) is 0 Å². The van der Waals surface area contributed by atoms with Gasteiger partial charge in [-0.15, -0.1) is 0 Å². The number of carbonyl (C=O) groups excluding carboxylic acids is 2. The maximum Gasteiger partial charge on any atom is 0.251 e. The van der Waals surface area contributed by atoms with E-state index in [0.29, 0.717) is 13.1 Å². The molecule has 2 N–H and O–H groups in total. The van der Waals surface area contributed by atoms with Crippen LogP contribution in [0.2, 0.25) is 0 Å². The molecule has 2 aliphatic rings. The van der Waals surface area contributed by atoms with Crippen molar-refractivity contribution in [2.45, 2.75) is 31.0 Å². The molecular formula is C16H22N4O3. The first kappa shape index (κ1) is 15.9. The van der Waals surface area contributed by atoms with E-state index in [2.05, 4.69) is 15.6 Å². The number of rotatable bonds is 6. The van der Waals surface area contributed by atoms with Gasteiger partial charge >= 0.3 is 0 Å². The lowest BCUT2D eigenvalue weighted by Crippen LogP contribution is -2.55. The fourth-order valence-electron chi connectivity index (χ4n) is 2.93. The number of aromatic nitrogens is 1. The maximum absolute atomic E-state index is 12.5. The minimum absolute atomic E-state index is 0.0443. The van der Waals surface area contributed by atoms with Crippen molar-refractivity contribution in [2.75, 3.05) is 26.7 Å². The first-order valence-corrected chi connectivity index (χ1v) is 7.97. The van der Waals surface area contributed by atoms with Gasteiger partial charge in [-0.2, -0.15) is 0 Å². The van der Waals surface area contributed by atoms with Gasteiger partial charge in [0.1, 0.15) is 6.61 Å². The highest BCUT2D eigenvalue weighted by Gasteiger charge is 2.47. The minimum Gasteiger partial charge on any atom is -0.356 e. The number of hydrogen-bond acceptors (Lipinski definition) is 5. The molecule has 23 heavy (non-hydrogen) atoms. The molecule has 0 spiro atoms. The number of morpholine rings is 1. The molecule has 0 aromatic carbocycles. The predicted octanol–water partition coefficient (Wildman–Crippen LogP) is -0.152. The molecule has 3 rings (SSSR count). The predicted molar refractivity (Wildman–Crippen MR) is 83.5 cm³/mol. The van der Waals surface area contributed by atoms with Gasteiger partial charge in [0.15, 0.2) is 6.10 Å². The summed E-state index contributed by atoms with van der Waals surface area (Å²) in [6.45, 7) is 1.16. The molecule has 1 aromatic rings. The third-order valence-electron chi connectivity index (χ3n) is 4.16. The second kappa shape index (κ2) is 7.06. The Morgan fingerprint density at radius 1 is 1.43 bits per heavy atom. The van der Waals surface area contributed by atoms with Crippen LogP contribution < -0.4 is 10.6 Å². The zero-order chi connectivity index (χ0) is 16.2. The van der Waals surface area contributed by atoms with Crippen LogP contribution in [0.4, 0.5) is 0 Å². The summed E-state index contributed by atoms with van der Waals surface area (Å²) in [4.78, 5) is 30.8. The van der Waals surface area contributed by atoms with Gasteiger partial charge in [0.2, 0.25) is 5.91 Å². The lowest BCUT2D eigenvalue weighted by Gasteiger charge is -2.40. The standard InChI is InChI=1S/C16H22N4O3/c1-17-7-8-19-16(22)15-14(11-3-2-6-18-9-11)20(12-4-5-12)13(21)10-23-15/h2-3,6,9,12,14-15,17H,4-5,7-8,10H2,1H3,(H,19,22)/t14-,15+/m1/s1. The normalized spacial score (nSPS) is 24.6. The summed E-state index contributed by atoms with van der Waals surface area (Å²) >= 11 is 0. The van der Waals surface area contributed by atoms with Crippen molar-refractivity contribution in [3.05, 3.63) is 30.1 Å². The molecule has 0 bridgehead atoms. The smallest absolute Gasteiger partial charge is 0.251 e. The van der Waals surface area contributed by atoms with Gasteiger partial charge in [0.05, 0.1) is 6.04 Å². The van der Waals surface area contributed by atoms with Gasteiger partial charge in [0, 0.05) is 31.5 Å². The van der Waals surface area contributed by atoms with Crippen LogP contribution in [-0.4, -0.2) is 60.6 Å². The number of nitrogens with zero attached hydrogens (tertiary/aromatic N) is 2. The quantitative estimate of drug-likeness (QED) is 0.713. The monoisotopic (exact) mass is 318 g/mol. The summed E-state index contributed by atoms with van der Waals surface area (Å²) < 4.78 is 5.61. The topological polar surface area (TPSA) is 83.6 Å². The van der Waals surface area contributed by atoms with E-state index in [4.69, 9.17) is 4.74 Å². The molecule has 124 valence electrons. The largest absolute Gasteiger partial charge is 0.356 e. The number of carbonyl (C=O) groups is 2. The number of nitrogens with one attached hydrogen (secondary N) is 2. The second-order valence-corrected chi connectivity index (χ2v) is 5.89. The molecule has 1 aliphatic carbocycles. The molecule has 7 heteroatoms. The molecule has 2 fully saturated rings. The number of pyridine rings is 1. The first-order chi connectivity index (χ1) is 11.2. The molecule has 0 unspecified atom stereocenters. The molecule has 2 amide bonds. The van der Waals surface area contributed by atoms with Crippen LogP contribution in [0.15, 0.2) is 24.5 Å². The number of ether oxygens (including phenoxy) is 1. The SMILES string of the molecule is CNCCNC(=O)[C@H]1OCC(=O)N(C2CC2)[C@@H]1c1cccnc1. The highest BCUT2D eigenvalue weighted by molar-refractivity contribution is 5.86. The van der Waals surface area contributed by atoms with Gasteiger partial charge in [-0.3, -0.25) is 14.6 Å². The fraction of sp³-hybridized carbons (Fsp3) is 0.562. The lowest BCUT2D eigenvalue weighted by molar-refractivity contribution is -0.165. The molecule has 1 aromatic heterocycles. The summed E-state index contributed by atoms with van der Waals surface area (Å²) in [6, 6.07) is 3.51. The first-order valence-electron chi connectivity index (χ1n) is 7.97. The van der Waals surface area contributed by atoms with E-state index in [1.165, 1.54) is 0 Å². The third kappa shape index (κ3) is 3.51. The van der Waals surface area contributed by atoms with Crippen molar-refractivity contribution in [3.63, 3.8) is 0 Å². The Morgan fingerprint density at radius 2 is 2.26 bits per heavy atom. The molecule has 7 nitrogen and oxygen atoms in total. The van der Waals surface area contributed by atoms with Crippen molar-refractivity contribution in [3.8, 4) is 0 Å². The van der Waals surface area contributed by atoms with Gasteiger partial charge in [-0.25, -0.2) is 0 Å². The summed E-state index contributed by atoms with van der Waals surface area (Å²) in [5, 5.41) is 5.85. The fourth-order valence-corrected chi connectivity index (χ4v) is 2.93. The second-order valence-electron chi connectivity index (χ2n) is 5.89. The number of likely N-dealkylation sites (N-methyl/N-ethyl adjacent to an activating group) is 1.